The SMILES string of the molecule is CC1(C)c2ccccc2-c2nc3ccc4ccccc4c3c(-c3ccc(-c4cccc(-c5ccccc5)c4)cc3)c21. The highest BCUT2D eigenvalue weighted by molar-refractivity contribution is 6.15. The van der Waals surface area contributed by atoms with Crippen molar-refractivity contribution in [3.8, 4) is 44.6 Å². The van der Waals surface area contributed by atoms with Crippen molar-refractivity contribution in [3.63, 3.8) is 0 Å². The minimum Gasteiger partial charge on any atom is -0.247 e. The van der Waals surface area contributed by atoms with Gasteiger partial charge in [-0.15, -0.1) is 0 Å². The molecule has 0 spiro atoms. The summed E-state index contributed by atoms with van der Waals surface area (Å²) in [5, 5.41) is 3.73. The Hall–Kier alpha value is -5.01. The lowest BCUT2D eigenvalue weighted by molar-refractivity contribution is 0.662. The molecule has 1 aliphatic carbocycles. The van der Waals surface area contributed by atoms with Gasteiger partial charge in [-0.2, -0.15) is 0 Å². The second kappa shape index (κ2) is 9.01. The van der Waals surface area contributed by atoms with E-state index < -0.39 is 0 Å². The normalized spacial score (nSPS) is 13.3. The van der Waals surface area contributed by atoms with Gasteiger partial charge in [-0.25, -0.2) is 4.98 Å². The van der Waals surface area contributed by atoms with E-state index >= 15 is 0 Å². The zero-order chi connectivity index (χ0) is 27.6. The van der Waals surface area contributed by atoms with Crippen LogP contribution >= 0.6 is 0 Å². The molecule has 8 rings (SSSR count). The molecule has 1 heteroatoms. The number of nitrogens with zero attached hydrogens (tertiary/aromatic N) is 1. The first-order chi connectivity index (χ1) is 20.1. The van der Waals surface area contributed by atoms with E-state index in [1.165, 1.54) is 66.2 Å². The summed E-state index contributed by atoms with van der Waals surface area (Å²) in [6.07, 6.45) is 0. The topological polar surface area (TPSA) is 12.9 Å². The van der Waals surface area contributed by atoms with E-state index in [1.54, 1.807) is 0 Å². The summed E-state index contributed by atoms with van der Waals surface area (Å²) >= 11 is 0. The van der Waals surface area contributed by atoms with Crippen LogP contribution in [-0.4, -0.2) is 4.98 Å². The maximum Gasteiger partial charge on any atom is 0.0759 e. The Morgan fingerprint density at radius 1 is 0.512 bits per heavy atom. The molecule has 0 saturated heterocycles. The summed E-state index contributed by atoms with van der Waals surface area (Å²) in [4.78, 5) is 5.33. The van der Waals surface area contributed by atoms with Crippen LogP contribution in [0.3, 0.4) is 0 Å². The van der Waals surface area contributed by atoms with Crippen molar-refractivity contribution in [3.05, 3.63) is 151 Å². The van der Waals surface area contributed by atoms with Crippen LogP contribution in [0.25, 0.3) is 66.3 Å². The number of hydrogen-bond acceptors (Lipinski definition) is 1. The lowest BCUT2D eigenvalue weighted by Gasteiger charge is -2.25. The zero-order valence-electron chi connectivity index (χ0n) is 23.2. The lowest BCUT2D eigenvalue weighted by atomic mass is 9.78. The summed E-state index contributed by atoms with van der Waals surface area (Å²) in [6, 6.07) is 50.5. The number of hydrogen-bond donors (Lipinski definition) is 0. The Balaban J connectivity index is 1.36. The van der Waals surface area contributed by atoms with E-state index in [1.807, 2.05) is 0 Å². The highest BCUT2D eigenvalue weighted by Gasteiger charge is 2.39. The summed E-state index contributed by atoms with van der Waals surface area (Å²) < 4.78 is 0. The van der Waals surface area contributed by atoms with E-state index in [0.717, 1.165) is 11.2 Å². The fraction of sp³-hybridized carbons (Fsp3) is 0.0750. The molecule has 1 aromatic heterocycles. The summed E-state index contributed by atoms with van der Waals surface area (Å²) in [6.45, 7) is 4.70. The first kappa shape index (κ1) is 23.8. The fourth-order valence-electron chi connectivity index (χ4n) is 6.84. The molecular formula is C40H29N. The van der Waals surface area contributed by atoms with Gasteiger partial charge < -0.3 is 0 Å². The van der Waals surface area contributed by atoms with Gasteiger partial charge in [0.1, 0.15) is 0 Å². The molecule has 1 heterocycles. The van der Waals surface area contributed by atoms with Crippen molar-refractivity contribution in [2.24, 2.45) is 0 Å². The predicted molar refractivity (Wildman–Crippen MR) is 173 cm³/mol. The van der Waals surface area contributed by atoms with Crippen LogP contribution in [0.15, 0.2) is 140 Å². The third-order valence-corrected chi connectivity index (χ3v) is 8.83. The van der Waals surface area contributed by atoms with Crippen LogP contribution in [0.5, 0.6) is 0 Å². The second-order valence-electron chi connectivity index (χ2n) is 11.6. The fourth-order valence-corrected chi connectivity index (χ4v) is 6.84. The molecule has 0 aliphatic heterocycles. The molecular weight excluding hydrogens is 494 g/mol. The lowest BCUT2D eigenvalue weighted by Crippen LogP contribution is -2.16. The molecule has 6 aromatic carbocycles. The molecule has 0 bridgehead atoms. The van der Waals surface area contributed by atoms with E-state index in [9.17, 15) is 0 Å². The molecule has 0 saturated carbocycles. The average molecular weight is 524 g/mol. The highest BCUT2D eigenvalue weighted by Crippen LogP contribution is 2.53. The number of benzene rings is 6. The van der Waals surface area contributed by atoms with Crippen molar-refractivity contribution < 1.29 is 0 Å². The van der Waals surface area contributed by atoms with Gasteiger partial charge in [0.05, 0.1) is 11.2 Å². The maximum absolute atomic E-state index is 5.33. The van der Waals surface area contributed by atoms with Crippen LogP contribution < -0.4 is 0 Å². The van der Waals surface area contributed by atoms with E-state index in [4.69, 9.17) is 4.98 Å². The van der Waals surface area contributed by atoms with Gasteiger partial charge in [-0.05, 0) is 67.4 Å². The van der Waals surface area contributed by atoms with Crippen molar-refractivity contribution in [2.75, 3.05) is 0 Å². The largest absolute Gasteiger partial charge is 0.247 e. The highest BCUT2D eigenvalue weighted by atomic mass is 14.7. The molecule has 0 unspecified atom stereocenters. The van der Waals surface area contributed by atoms with Crippen molar-refractivity contribution >= 4 is 21.7 Å². The molecule has 0 atom stereocenters. The Kier molecular flexibility index (Phi) is 5.24. The van der Waals surface area contributed by atoms with Crippen LogP contribution in [-0.2, 0) is 5.41 Å². The van der Waals surface area contributed by atoms with Crippen molar-refractivity contribution in [2.45, 2.75) is 19.3 Å². The molecule has 1 aliphatic rings. The predicted octanol–water partition coefficient (Wildman–Crippen LogP) is 10.7. The molecule has 0 fully saturated rings. The summed E-state index contributed by atoms with van der Waals surface area (Å²) in [7, 11) is 0. The third kappa shape index (κ3) is 3.66. The monoisotopic (exact) mass is 523 g/mol. The molecule has 1 nitrogen and oxygen atoms in total. The summed E-state index contributed by atoms with van der Waals surface area (Å²) in [5.41, 5.74) is 13.3. The van der Waals surface area contributed by atoms with Crippen molar-refractivity contribution in [1.29, 1.82) is 0 Å². The van der Waals surface area contributed by atoms with Crippen molar-refractivity contribution in [1.82, 2.24) is 4.98 Å². The quantitative estimate of drug-likeness (QED) is 0.210. The Morgan fingerprint density at radius 3 is 1.95 bits per heavy atom. The van der Waals surface area contributed by atoms with Gasteiger partial charge in [-0.3, -0.25) is 0 Å². The van der Waals surface area contributed by atoms with Gasteiger partial charge in [0.25, 0.3) is 0 Å². The van der Waals surface area contributed by atoms with E-state index in [-0.39, 0.29) is 5.41 Å². The Bertz CT molecular complexity index is 2100. The smallest absolute Gasteiger partial charge is 0.0759 e. The molecule has 0 N–H and O–H groups in total. The number of aromatic nitrogens is 1. The number of rotatable bonds is 3. The molecule has 41 heavy (non-hydrogen) atoms. The summed E-state index contributed by atoms with van der Waals surface area (Å²) in [5.74, 6) is 0. The average Bonchev–Trinajstić information content (AvgIpc) is 3.26. The van der Waals surface area contributed by atoms with Crippen LogP contribution in [0, 0.1) is 0 Å². The second-order valence-corrected chi connectivity index (χ2v) is 11.6. The zero-order valence-corrected chi connectivity index (χ0v) is 23.2. The first-order valence-corrected chi connectivity index (χ1v) is 14.3. The van der Waals surface area contributed by atoms with Crippen LogP contribution in [0.2, 0.25) is 0 Å². The number of fused-ring (bicyclic) bond motifs is 6. The van der Waals surface area contributed by atoms with Crippen LogP contribution in [0.1, 0.15) is 25.0 Å². The molecule has 194 valence electrons. The van der Waals surface area contributed by atoms with Gasteiger partial charge >= 0.3 is 0 Å². The Morgan fingerprint density at radius 2 is 1.15 bits per heavy atom. The van der Waals surface area contributed by atoms with E-state index in [0.29, 0.717) is 0 Å². The first-order valence-electron chi connectivity index (χ1n) is 14.3. The molecule has 0 radical (unpaired) electrons. The number of pyridine rings is 1. The van der Waals surface area contributed by atoms with Gasteiger partial charge in [-0.1, -0.05) is 141 Å². The maximum atomic E-state index is 5.33. The Labute approximate surface area is 240 Å². The minimum absolute atomic E-state index is 0.165. The van der Waals surface area contributed by atoms with Gasteiger partial charge in [0.15, 0.2) is 0 Å². The van der Waals surface area contributed by atoms with Gasteiger partial charge in [0, 0.05) is 16.4 Å². The molecule has 7 aromatic rings. The standard InChI is InChI=1S/C40H29N/c1-40(2)34-18-9-8-17-33(34)39-38(40)36(37-32-16-7-6-13-28(32)23-24-35(37)41-39)29-21-19-27(20-22-29)31-15-10-14-30(25-31)26-11-4-3-5-12-26/h3-25H,1-2H3. The minimum atomic E-state index is -0.165. The third-order valence-electron chi connectivity index (χ3n) is 8.83. The van der Waals surface area contributed by atoms with Gasteiger partial charge in [0.2, 0.25) is 0 Å². The van der Waals surface area contributed by atoms with Crippen LogP contribution in [0.4, 0.5) is 0 Å². The molecule has 0 amide bonds. The van der Waals surface area contributed by atoms with E-state index in [2.05, 4.69) is 153 Å².